The lowest BCUT2D eigenvalue weighted by Crippen LogP contribution is -2.36. The van der Waals surface area contributed by atoms with E-state index >= 15 is 0 Å². The average molecular weight is 429 g/mol. The van der Waals surface area contributed by atoms with Crippen LogP contribution in [0.5, 0.6) is 5.75 Å². The van der Waals surface area contributed by atoms with Gasteiger partial charge < -0.3 is 23.9 Å². The monoisotopic (exact) mass is 429 g/mol. The molecule has 2 fully saturated rings. The molecular formula is C18H18F3N3O6. The minimum Gasteiger partial charge on any atom is -0.486 e. The van der Waals surface area contributed by atoms with Crippen molar-refractivity contribution < 1.29 is 41.8 Å². The molecule has 2 aliphatic rings. The fourth-order valence-corrected chi connectivity index (χ4v) is 3.27. The second-order valence-corrected chi connectivity index (χ2v) is 6.78. The average Bonchev–Trinajstić information content (AvgIpc) is 3.45. The number of oxazole rings is 1. The van der Waals surface area contributed by atoms with Gasteiger partial charge in [-0.3, -0.25) is 9.78 Å². The molecule has 0 saturated carbocycles. The number of pyridine rings is 1. The van der Waals surface area contributed by atoms with E-state index in [0.717, 1.165) is 18.6 Å². The first-order valence-corrected chi connectivity index (χ1v) is 8.87. The summed E-state index contributed by atoms with van der Waals surface area (Å²) < 4.78 is 48.5. The zero-order valence-electron chi connectivity index (χ0n) is 15.5. The number of hydrogen-bond donors (Lipinski definition) is 1. The first-order chi connectivity index (χ1) is 14.2. The zero-order chi connectivity index (χ0) is 21.8. The number of likely N-dealkylation sites (tertiary alicyclic amines) is 1. The number of aliphatic carboxylic acids is 1. The number of carbonyl (C=O) groups is 2. The summed E-state index contributed by atoms with van der Waals surface area (Å²) in [5, 5.41) is 7.12. The van der Waals surface area contributed by atoms with Gasteiger partial charge >= 0.3 is 12.1 Å². The minimum atomic E-state index is -5.08. The van der Waals surface area contributed by atoms with Crippen LogP contribution in [0.4, 0.5) is 13.2 Å². The number of alkyl halides is 3. The van der Waals surface area contributed by atoms with Gasteiger partial charge in [-0.25, -0.2) is 9.78 Å². The fourth-order valence-electron chi connectivity index (χ4n) is 3.27. The number of aromatic nitrogens is 2. The molecule has 0 radical (unpaired) electrons. The highest BCUT2D eigenvalue weighted by Gasteiger charge is 2.48. The maximum Gasteiger partial charge on any atom is 0.490 e. The number of nitrogens with zero attached hydrogens (tertiary/aromatic N) is 3. The number of amides is 1. The molecule has 0 aliphatic carbocycles. The normalized spacial score (nSPS) is 23.2. The number of carboxylic acids is 1. The third-order valence-electron chi connectivity index (χ3n) is 4.61. The van der Waals surface area contributed by atoms with Crippen molar-refractivity contribution in [2.24, 2.45) is 0 Å². The van der Waals surface area contributed by atoms with Gasteiger partial charge in [0.05, 0.1) is 24.9 Å². The molecule has 12 heteroatoms. The lowest BCUT2D eigenvalue weighted by molar-refractivity contribution is -0.192. The van der Waals surface area contributed by atoms with Crippen molar-refractivity contribution in [2.45, 2.75) is 30.7 Å². The van der Waals surface area contributed by atoms with Crippen molar-refractivity contribution in [3.63, 3.8) is 0 Å². The van der Waals surface area contributed by atoms with E-state index < -0.39 is 12.1 Å². The molecule has 4 rings (SSSR count). The number of carbonyl (C=O) groups excluding carboxylic acids is 1. The van der Waals surface area contributed by atoms with Crippen LogP contribution in [0.1, 0.15) is 23.3 Å². The van der Waals surface area contributed by atoms with E-state index in [4.69, 9.17) is 23.8 Å². The molecule has 2 saturated heterocycles. The van der Waals surface area contributed by atoms with Gasteiger partial charge in [0.1, 0.15) is 18.1 Å². The predicted molar refractivity (Wildman–Crippen MR) is 92.7 cm³/mol. The van der Waals surface area contributed by atoms with E-state index in [-0.39, 0.29) is 17.6 Å². The van der Waals surface area contributed by atoms with Crippen LogP contribution in [0.15, 0.2) is 41.6 Å². The van der Waals surface area contributed by atoms with Crippen LogP contribution in [0.3, 0.4) is 0 Å². The number of carboxylic acid groups (broad SMARTS) is 1. The van der Waals surface area contributed by atoms with Crippen LogP contribution in [0.25, 0.3) is 0 Å². The number of ether oxygens (including phenoxy) is 2. The molecule has 0 bridgehead atoms. The van der Waals surface area contributed by atoms with Gasteiger partial charge in [-0.2, -0.15) is 13.2 Å². The quantitative estimate of drug-likeness (QED) is 0.789. The molecule has 2 atom stereocenters. The summed E-state index contributed by atoms with van der Waals surface area (Å²) in [6.07, 6.45) is 2.53. The topological polar surface area (TPSA) is 115 Å². The van der Waals surface area contributed by atoms with Crippen LogP contribution in [-0.4, -0.2) is 69.4 Å². The van der Waals surface area contributed by atoms with Crippen LogP contribution in [0.2, 0.25) is 0 Å². The number of halogens is 3. The minimum absolute atomic E-state index is 0.0127. The fraction of sp³-hybridized carbons (Fsp3) is 0.444. The molecule has 0 aromatic carbocycles. The smallest absolute Gasteiger partial charge is 0.486 e. The van der Waals surface area contributed by atoms with Crippen LogP contribution in [-0.2, 0) is 9.53 Å². The van der Waals surface area contributed by atoms with E-state index in [1.807, 2.05) is 12.1 Å². The van der Waals surface area contributed by atoms with Gasteiger partial charge in [0.25, 0.3) is 5.91 Å². The number of hydrogen-bond acceptors (Lipinski definition) is 7. The van der Waals surface area contributed by atoms with Gasteiger partial charge in [0, 0.05) is 19.2 Å². The van der Waals surface area contributed by atoms with Crippen molar-refractivity contribution in [1.29, 1.82) is 0 Å². The largest absolute Gasteiger partial charge is 0.490 e. The predicted octanol–water partition coefficient (Wildman–Crippen LogP) is 2.16. The van der Waals surface area contributed by atoms with Crippen molar-refractivity contribution in [2.75, 3.05) is 19.7 Å². The molecule has 30 heavy (non-hydrogen) atoms. The van der Waals surface area contributed by atoms with Crippen molar-refractivity contribution in [3.05, 3.63) is 42.9 Å². The Morgan fingerprint density at radius 1 is 1.37 bits per heavy atom. The summed E-state index contributed by atoms with van der Waals surface area (Å²) in [5.74, 6) is -2.13. The highest BCUT2D eigenvalue weighted by Crippen LogP contribution is 2.37. The Balaban J connectivity index is 0.000000318. The summed E-state index contributed by atoms with van der Waals surface area (Å²) in [7, 11) is 0. The Morgan fingerprint density at radius 2 is 2.13 bits per heavy atom. The highest BCUT2D eigenvalue weighted by molar-refractivity contribution is 5.92. The molecule has 1 N–H and O–H groups in total. The Bertz CT molecular complexity index is 862. The summed E-state index contributed by atoms with van der Waals surface area (Å²) in [4.78, 5) is 31.0. The highest BCUT2D eigenvalue weighted by atomic mass is 19.4. The summed E-state index contributed by atoms with van der Waals surface area (Å²) >= 11 is 0. The molecule has 2 aromatic heterocycles. The third-order valence-corrected chi connectivity index (χ3v) is 4.61. The third kappa shape index (κ3) is 5.26. The van der Waals surface area contributed by atoms with E-state index in [0.29, 0.717) is 25.4 Å². The van der Waals surface area contributed by atoms with Crippen LogP contribution >= 0.6 is 0 Å². The molecule has 2 aromatic rings. The van der Waals surface area contributed by atoms with Crippen molar-refractivity contribution in [3.8, 4) is 5.75 Å². The van der Waals surface area contributed by atoms with E-state index in [1.165, 1.54) is 12.7 Å². The maximum atomic E-state index is 12.3. The van der Waals surface area contributed by atoms with E-state index in [2.05, 4.69) is 9.97 Å². The lowest BCUT2D eigenvalue weighted by Gasteiger charge is -2.22. The molecule has 162 valence electrons. The standard InChI is InChI=1S/C16H17N3O4.C2HF3O2/c20-15(14-9-21-11-18-14)19-5-3-16(10-19)6-13(8-22-16)23-12-2-1-4-17-7-12;3-2(4,5)1(6)7/h1-2,4,7,9,11,13H,3,5-6,8,10H2;(H,6,7)/t13-,16+;/m1./s1. The Hall–Kier alpha value is -3.15. The number of rotatable bonds is 3. The summed E-state index contributed by atoms with van der Waals surface area (Å²) in [6, 6.07) is 3.72. The van der Waals surface area contributed by atoms with Crippen LogP contribution in [0, 0.1) is 0 Å². The molecule has 2 aliphatic heterocycles. The Morgan fingerprint density at radius 3 is 2.73 bits per heavy atom. The van der Waals surface area contributed by atoms with E-state index in [9.17, 15) is 18.0 Å². The SMILES string of the molecule is O=C(O)C(F)(F)F.O=C(c1cocn1)N1CC[C@]2(C[C@@H](Oc3cccnc3)CO2)C1. The van der Waals surface area contributed by atoms with Gasteiger partial charge in [0.15, 0.2) is 12.1 Å². The first kappa shape index (κ1) is 21.6. The van der Waals surface area contributed by atoms with Gasteiger partial charge in [0.2, 0.25) is 0 Å². The summed E-state index contributed by atoms with van der Waals surface area (Å²) in [6.45, 7) is 1.75. The summed E-state index contributed by atoms with van der Waals surface area (Å²) in [5.41, 5.74) is 0.0231. The second-order valence-electron chi connectivity index (χ2n) is 6.78. The molecule has 1 spiro atoms. The van der Waals surface area contributed by atoms with E-state index in [1.54, 1.807) is 17.3 Å². The maximum absolute atomic E-state index is 12.3. The molecule has 9 nitrogen and oxygen atoms in total. The van der Waals surface area contributed by atoms with Gasteiger partial charge in [-0.1, -0.05) is 0 Å². The molecule has 1 amide bonds. The molecule has 0 unspecified atom stereocenters. The first-order valence-electron chi connectivity index (χ1n) is 8.87. The Kier molecular flexibility index (Phi) is 6.25. The Labute approximate surface area is 168 Å². The van der Waals surface area contributed by atoms with Gasteiger partial charge in [-0.15, -0.1) is 0 Å². The van der Waals surface area contributed by atoms with Crippen molar-refractivity contribution >= 4 is 11.9 Å². The van der Waals surface area contributed by atoms with Crippen molar-refractivity contribution in [1.82, 2.24) is 14.9 Å². The van der Waals surface area contributed by atoms with Gasteiger partial charge in [-0.05, 0) is 18.6 Å². The second kappa shape index (κ2) is 8.69. The zero-order valence-corrected chi connectivity index (χ0v) is 15.5. The molecular weight excluding hydrogens is 411 g/mol. The lowest BCUT2D eigenvalue weighted by atomic mass is 9.98. The molecule has 4 heterocycles. The van der Waals surface area contributed by atoms with Crippen LogP contribution < -0.4 is 4.74 Å².